The molecule has 26 heavy (non-hydrogen) atoms. The number of benzene rings is 2. The van der Waals surface area contributed by atoms with Gasteiger partial charge in [-0.15, -0.1) is 0 Å². The summed E-state index contributed by atoms with van der Waals surface area (Å²) in [5.74, 6) is 2.69. The molecule has 0 amide bonds. The minimum absolute atomic E-state index is 0.0000520. The highest BCUT2D eigenvalue weighted by molar-refractivity contribution is 7.80. The van der Waals surface area contributed by atoms with Crippen LogP contribution in [0.5, 0.6) is 23.0 Å². The standard InChI is InChI=1S/C19H24N2O4S/c1-13(12-25-17-8-6-5-7-15(17)22-2)20-19(26)21-14-9-10-16(23-3)18(11-14)24-4/h5-11,13H,12H2,1-4H3,(H2,20,21,26)/t13-/m1/s1. The second kappa shape index (κ2) is 9.72. The van der Waals surface area contributed by atoms with Crippen LogP contribution < -0.4 is 29.6 Å². The van der Waals surface area contributed by atoms with Crippen LogP contribution in [0.15, 0.2) is 42.5 Å². The third-order valence-corrected chi connectivity index (χ3v) is 3.80. The molecule has 0 fully saturated rings. The van der Waals surface area contributed by atoms with Gasteiger partial charge in [-0.3, -0.25) is 0 Å². The maximum atomic E-state index is 5.80. The van der Waals surface area contributed by atoms with Gasteiger partial charge in [-0.2, -0.15) is 0 Å². The molecule has 0 saturated heterocycles. The first-order chi connectivity index (χ1) is 12.6. The Kier molecular flexibility index (Phi) is 7.35. The van der Waals surface area contributed by atoms with E-state index in [9.17, 15) is 0 Å². The Bertz CT molecular complexity index is 739. The summed E-state index contributed by atoms with van der Waals surface area (Å²) in [5, 5.41) is 6.80. The predicted octanol–water partition coefficient (Wildman–Crippen LogP) is 3.47. The lowest BCUT2D eigenvalue weighted by atomic mass is 10.2. The van der Waals surface area contributed by atoms with Gasteiger partial charge in [-0.05, 0) is 43.4 Å². The smallest absolute Gasteiger partial charge is 0.171 e. The summed E-state index contributed by atoms with van der Waals surface area (Å²) < 4.78 is 21.6. The van der Waals surface area contributed by atoms with E-state index >= 15 is 0 Å². The molecule has 2 N–H and O–H groups in total. The zero-order valence-electron chi connectivity index (χ0n) is 15.4. The number of ether oxygens (including phenoxy) is 4. The molecule has 0 aromatic heterocycles. The molecule has 1 atom stereocenters. The molecule has 6 nitrogen and oxygen atoms in total. The van der Waals surface area contributed by atoms with E-state index in [1.54, 1.807) is 21.3 Å². The van der Waals surface area contributed by atoms with Crippen LogP contribution in [0.4, 0.5) is 5.69 Å². The van der Waals surface area contributed by atoms with E-state index in [2.05, 4.69) is 10.6 Å². The number of thiocarbonyl (C=S) groups is 1. The third kappa shape index (κ3) is 5.42. The van der Waals surface area contributed by atoms with Crippen LogP contribution in [-0.4, -0.2) is 39.1 Å². The SMILES string of the molecule is COc1ccc(NC(=S)N[C@H](C)COc2ccccc2OC)cc1OC. The number of hydrogen-bond donors (Lipinski definition) is 2. The molecule has 0 radical (unpaired) electrons. The molecule has 2 aromatic rings. The molecule has 140 valence electrons. The van der Waals surface area contributed by atoms with Gasteiger partial charge in [0.1, 0.15) is 6.61 Å². The van der Waals surface area contributed by atoms with Gasteiger partial charge in [-0.1, -0.05) is 12.1 Å². The summed E-state index contributed by atoms with van der Waals surface area (Å²) in [5.41, 5.74) is 0.804. The number of hydrogen-bond acceptors (Lipinski definition) is 5. The van der Waals surface area contributed by atoms with Crippen LogP contribution >= 0.6 is 12.2 Å². The molecule has 7 heteroatoms. The number of anilines is 1. The third-order valence-electron chi connectivity index (χ3n) is 3.58. The Morgan fingerprint density at radius 3 is 2.19 bits per heavy atom. The molecule has 0 saturated carbocycles. The lowest BCUT2D eigenvalue weighted by Crippen LogP contribution is -2.39. The van der Waals surface area contributed by atoms with Crippen LogP contribution in [0, 0.1) is 0 Å². The topological polar surface area (TPSA) is 61.0 Å². The van der Waals surface area contributed by atoms with Crippen LogP contribution in [0.25, 0.3) is 0 Å². The van der Waals surface area contributed by atoms with Crippen LogP contribution in [0.3, 0.4) is 0 Å². The Hall–Kier alpha value is -2.67. The summed E-state index contributed by atoms with van der Waals surface area (Å²) >= 11 is 5.36. The van der Waals surface area contributed by atoms with Crippen molar-refractivity contribution in [3.63, 3.8) is 0 Å². The van der Waals surface area contributed by atoms with Gasteiger partial charge in [0.05, 0.1) is 27.4 Å². The van der Waals surface area contributed by atoms with Gasteiger partial charge >= 0.3 is 0 Å². The Morgan fingerprint density at radius 2 is 1.54 bits per heavy atom. The summed E-state index contributed by atoms with van der Waals surface area (Å²) in [6, 6.07) is 13.0. The van der Waals surface area contributed by atoms with E-state index in [4.69, 9.17) is 31.2 Å². The molecule has 0 aliphatic heterocycles. The summed E-state index contributed by atoms with van der Waals surface area (Å²) in [4.78, 5) is 0. The van der Waals surface area contributed by atoms with Crippen molar-refractivity contribution in [3.8, 4) is 23.0 Å². The van der Waals surface area contributed by atoms with Gasteiger partial charge in [0, 0.05) is 11.8 Å². The van der Waals surface area contributed by atoms with Crippen molar-refractivity contribution in [2.75, 3.05) is 33.3 Å². The summed E-state index contributed by atoms with van der Waals surface area (Å²) in [6.45, 7) is 2.42. The number of para-hydroxylation sites is 2. The Labute approximate surface area is 159 Å². The minimum atomic E-state index is 0.0000520. The van der Waals surface area contributed by atoms with Crippen LogP contribution in [-0.2, 0) is 0 Å². The highest BCUT2D eigenvalue weighted by atomic mass is 32.1. The Balaban J connectivity index is 1.87. The second-order valence-corrected chi connectivity index (χ2v) is 5.94. The van der Waals surface area contributed by atoms with E-state index in [0.29, 0.717) is 34.7 Å². The fourth-order valence-electron chi connectivity index (χ4n) is 2.30. The highest BCUT2D eigenvalue weighted by Gasteiger charge is 2.10. The molecule has 0 heterocycles. The number of rotatable bonds is 8. The van der Waals surface area contributed by atoms with Gasteiger partial charge in [-0.25, -0.2) is 0 Å². The molecule has 0 aliphatic rings. The normalized spacial score (nSPS) is 11.2. The fraction of sp³-hybridized carbons (Fsp3) is 0.316. The van der Waals surface area contributed by atoms with Crippen molar-refractivity contribution < 1.29 is 18.9 Å². The van der Waals surface area contributed by atoms with E-state index < -0.39 is 0 Å². The highest BCUT2D eigenvalue weighted by Crippen LogP contribution is 2.29. The van der Waals surface area contributed by atoms with E-state index in [1.807, 2.05) is 49.4 Å². The zero-order chi connectivity index (χ0) is 18.9. The van der Waals surface area contributed by atoms with E-state index in [1.165, 1.54) is 0 Å². The first-order valence-corrected chi connectivity index (χ1v) is 8.53. The summed E-state index contributed by atoms with van der Waals surface area (Å²) in [6.07, 6.45) is 0. The molecule has 0 aliphatic carbocycles. The fourth-order valence-corrected chi connectivity index (χ4v) is 2.62. The molecule has 0 bridgehead atoms. The second-order valence-electron chi connectivity index (χ2n) is 5.53. The molecular formula is C19H24N2O4S. The molecule has 2 rings (SSSR count). The maximum absolute atomic E-state index is 5.80. The Morgan fingerprint density at radius 1 is 0.923 bits per heavy atom. The largest absolute Gasteiger partial charge is 0.493 e. The van der Waals surface area contributed by atoms with Crippen LogP contribution in [0.2, 0.25) is 0 Å². The average molecular weight is 376 g/mol. The average Bonchev–Trinajstić information content (AvgIpc) is 2.66. The summed E-state index contributed by atoms with van der Waals surface area (Å²) in [7, 11) is 4.81. The first kappa shape index (κ1) is 19.7. The van der Waals surface area contributed by atoms with Gasteiger partial charge in [0.15, 0.2) is 28.1 Å². The molecule has 0 spiro atoms. The lowest BCUT2D eigenvalue weighted by molar-refractivity contribution is 0.270. The van der Waals surface area contributed by atoms with Crippen molar-refractivity contribution in [2.45, 2.75) is 13.0 Å². The number of nitrogens with one attached hydrogen (secondary N) is 2. The van der Waals surface area contributed by atoms with Gasteiger partial charge in [0.25, 0.3) is 0 Å². The maximum Gasteiger partial charge on any atom is 0.171 e. The van der Waals surface area contributed by atoms with Crippen molar-refractivity contribution in [3.05, 3.63) is 42.5 Å². The number of methoxy groups -OCH3 is 3. The first-order valence-electron chi connectivity index (χ1n) is 8.12. The van der Waals surface area contributed by atoms with Crippen molar-refractivity contribution in [2.24, 2.45) is 0 Å². The monoisotopic (exact) mass is 376 g/mol. The van der Waals surface area contributed by atoms with Gasteiger partial charge in [0.2, 0.25) is 0 Å². The van der Waals surface area contributed by atoms with E-state index in [0.717, 1.165) is 5.69 Å². The quantitative estimate of drug-likeness (QED) is 0.684. The van der Waals surface area contributed by atoms with E-state index in [-0.39, 0.29) is 6.04 Å². The predicted molar refractivity (Wildman–Crippen MR) is 107 cm³/mol. The van der Waals surface area contributed by atoms with Crippen LogP contribution in [0.1, 0.15) is 6.92 Å². The molecule has 2 aromatic carbocycles. The van der Waals surface area contributed by atoms with Crippen molar-refractivity contribution >= 4 is 23.0 Å². The molecular weight excluding hydrogens is 352 g/mol. The zero-order valence-corrected chi connectivity index (χ0v) is 16.2. The minimum Gasteiger partial charge on any atom is -0.493 e. The lowest BCUT2D eigenvalue weighted by Gasteiger charge is -2.19. The van der Waals surface area contributed by atoms with Crippen molar-refractivity contribution in [1.29, 1.82) is 0 Å². The molecule has 0 unspecified atom stereocenters. The van der Waals surface area contributed by atoms with Gasteiger partial charge < -0.3 is 29.6 Å². The van der Waals surface area contributed by atoms with Crippen molar-refractivity contribution in [1.82, 2.24) is 5.32 Å².